The highest BCUT2D eigenvalue weighted by molar-refractivity contribution is 14.0. The van der Waals surface area contributed by atoms with Crippen molar-refractivity contribution in [3.63, 3.8) is 0 Å². The lowest BCUT2D eigenvalue weighted by molar-refractivity contribution is -0.128. The SMILES string of the molecule is CCCCCN=C(NCC)NCCC(=O)N(C)C.I. The van der Waals surface area contributed by atoms with Gasteiger partial charge in [-0.25, -0.2) is 0 Å². The Morgan fingerprint density at radius 1 is 1.16 bits per heavy atom. The lowest BCUT2D eigenvalue weighted by Crippen LogP contribution is -2.39. The molecule has 0 rings (SSSR count). The molecule has 19 heavy (non-hydrogen) atoms. The Bertz CT molecular complexity index is 257. The van der Waals surface area contributed by atoms with Crippen molar-refractivity contribution in [2.45, 2.75) is 39.5 Å². The Morgan fingerprint density at radius 2 is 1.84 bits per heavy atom. The Kier molecular flexibility index (Phi) is 15.2. The normalized spacial score (nSPS) is 10.6. The van der Waals surface area contributed by atoms with Gasteiger partial charge in [0.1, 0.15) is 0 Å². The Balaban J connectivity index is 0. The summed E-state index contributed by atoms with van der Waals surface area (Å²) >= 11 is 0. The Hall–Kier alpha value is -0.530. The molecule has 0 aromatic carbocycles. The van der Waals surface area contributed by atoms with Crippen LogP contribution in [0.1, 0.15) is 39.5 Å². The van der Waals surface area contributed by atoms with Gasteiger partial charge in [0.25, 0.3) is 0 Å². The van der Waals surface area contributed by atoms with Crippen LogP contribution in [0.25, 0.3) is 0 Å². The summed E-state index contributed by atoms with van der Waals surface area (Å²) in [5.74, 6) is 0.935. The molecular weight excluding hydrogens is 355 g/mol. The van der Waals surface area contributed by atoms with E-state index in [0.29, 0.717) is 13.0 Å². The molecule has 6 heteroatoms. The fourth-order valence-corrected chi connectivity index (χ4v) is 1.41. The third-order valence-corrected chi connectivity index (χ3v) is 2.51. The molecule has 5 nitrogen and oxygen atoms in total. The minimum atomic E-state index is 0. The van der Waals surface area contributed by atoms with E-state index in [0.717, 1.165) is 25.5 Å². The van der Waals surface area contributed by atoms with Gasteiger partial charge in [-0.15, -0.1) is 24.0 Å². The predicted octanol–water partition coefficient (Wildman–Crippen LogP) is 1.83. The number of amides is 1. The van der Waals surface area contributed by atoms with E-state index in [-0.39, 0.29) is 29.9 Å². The lowest BCUT2D eigenvalue weighted by atomic mass is 10.2. The largest absolute Gasteiger partial charge is 0.357 e. The molecule has 0 heterocycles. The van der Waals surface area contributed by atoms with E-state index in [1.54, 1.807) is 19.0 Å². The van der Waals surface area contributed by atoms with Gasteiger partial charge in [0.15, 0.2) is 5.96 Å². The van der Waals surface area contributed by atoms with E-state index in [1.165, 1.54) is 12.8 Å². The van der Waals surface area contributed by atoms with E-state index in [9.17, 15) is 4.79 Å². The molecule has 0 radical (unpaired) electrons. The van der Waals surface area contributed by atoms with Crippen LogP contribution in [-0.4, -0.2) is 50.5 Å². The van der Waals surface area contributed by atoms with Crippen LogP contribution in [0, 0.1) is 0 Å². The number of halogens is 1. The average Bonchev–Trinajstić information content (AvgIpc) is 2.34. The smallest absolute Gasteiger partial charge is 0.223 e. The predicted molar refractivity (Wildman–Crippen MR) is 92.2 cm³/mol. The van der Waals surface area contributed by atoms with E-state index in [1.807, 2.05) is 6.92 Å². The quantitative estimate of drug-likeness (QED) is 0.291. The Morgan fingerprint density at radius 3 is 2.37 bits per heavy atom. The van der Waals surface area contributed by atoms with Crippen LogP contribution >= 0.6 is 24.0 Å². The number of rotatable bonds is 8. The molecule has 0 fully saturated rings. The topological polar surface area (TPSA) is 56.7 Å². The van der Waals surface area contributed by atoms with Crippen LogP contribution in [0.2, 0.25) is 0 Å². The maximum absolute atomic E-state index is 11.4. The van der Waals surface area contributed by atoms with Crippen molar-refractivity contribution in [2.75, 3.05) is 33.7 Å². The first kappa shape index (κ1) is 20.8. The molecule has 0 spiro atoms. The highest BCUT2D eigenvalue weighted by atomic mass is 127. The molecule has 0 aromatic rings. The average molecular weight is 384 g/mol. The first-order valence-corrected chi connectivity index (χ1v) is 6.84. The summed E-state index contributed by atoms with van der Waals surface area (Å²) in [6.07, 6.45) is 4.02. The van der Waals surface area contributed by atoms with Gasteiger partial charge in [-0.2, -0.15) is 0 Å². The summed E-state index contributed by atoms with van der Waals surface area (Å²) in [4.78, 5) is 17.5. The van der Waals surface area contributed by atoms with Crippen molar-refractivity contribution in [1.29, 1.82) is 0 Å². The van der Waals surface area contributed by atoms with Crippen molar-refractivity contribution < 1.29 is 4.79 Å². The molecule has 0 aliphatic carbocycles. The molecule has 0 aliphatic rings. The third-order valence-electron chi connectivity index (χ3n) is 2.51. The van der Waals surface area contributed by atoms with E-state index < -0.39 is 0 Å². The van der Waals surface area contributed by atoms with Crippen molar-refractivity contribution in [3.05, 3.63) is 0 Å². The second-order valence-electron chi connectivity index (χ2n) is 4.43. The molecule has 114 valence electrons. The minimum Gasteiger partial charge on any atom is -0.357 e. The molecule has 0 saturated heterocycles. The number of guanidine groups is 1. The van der Waals surface area contributed by atoms with Crippen LogP contribution in [0.3, 0.4) is 0 Å². The van der Waals surface area contributed by atoms with Gasteiger partial charge in [-0.05, 0) is 13.3 Å². The monoisotopic (exact) mass is 384 g/mol. The summed E-state index contributed by atoms with van der Waals surface area (Å²) in [5.41, 5.74) is 0. The summed E-state index contributed by atoms with van der Waals surface area (Å²) in [6, 6.07) is 0. The van der Waals surface area contributed by atoms with Crippen LogP contribution in [-0.2, 0) is 4.79 Å². The maximum atomic E-state index is 11.4. The zero-order valence-corrected chi connectivity index (χ0v) is 15.0. The summed E-state index contributed by atoms with van der Waals surface area (Å²) in [7, 11) is 3.54. The van der Waals surface area contributed by atoms with Crippen LogP contribution in [0.4, 0.5) is 0 Å². The van der Waals surface area contributed by atoms with Crippen LogP contribution in [0.15, 0.2) is 4.99 Å². The summed E-state index contributed by atoms with van der Waals surface area (Å²) < 4.78 is 0. The van der Waals surface area contributed by atoms with Gasteiger partial charge < -0.3 is 15.5 Å². The second kappa shape index (κ2) is 13.9. The summed E-state index contributed by atoms with van der Waals surface area (Å²) in [5, 5.41) is 6.35. The number of nitrogens with one attached hydrogen (secondary N) is 2. The zero-order valence-electron chi connectivity index (χ0n) is 12.7. The minimum absolute atomic E-state index is 0. The first-order valence-electron chi connectivity index (χ1n) is 6.84. The van der Waals surface area contributed by atoms with Gasteiger partial charge in [0, 0.05) is 40.2 Å². The van der Waals surface area contributed by atoms with Crippen LogP contribution in [0.5, 0.6) is 0 Å². The van der Waals surface area contributed by atoms with Crippen LogP contribution < -0.4 is 10.6 Å². The highest BCUT2D eigenvalue weighted by Crippen LogP contribution is 1.93. The number of hydrogen-bond donors (Lipinski definition) is 2. The van der Waals surface area contributed by atoms with Gasteiger partial charge in [-0.3, -0.25) is 9.79 Å². The molecule has 0 atom stereocenters. The maximum Gasteiger partial charge on any atom is 0.223 e. The van der Waals surface area contributed by atoms with Crippen molar-refractivity contribution in [1.82, 2.24) is 15.5 Å². The number of carbonyl (C=O) groups is 1. The number of carbonyl (C=O) groups excluding carboxylic acids is 1. The molecule has 0 aromatic heterocycles. The van der Waals surface area contributed by atoms with E-state index in [2.05, 4.69) is 22.5 Å². The molecule has 0 saturated carbocycles. The fourth-order valence-electron chi connectivity index (χ4n) is 1.41. The highest BCUT2D eigenvalue weighted by Gasteiger charge is 2.03. The zero-order chi connectivity index (χ0) is 13.8. The number of hydrogen-bond acceptors (Lipinski definition) is 2. The van der Waals surface area contributed by atoms with Crippen molar-refractivity contribution in [2.24, 2.45) is 4.99 Å². The summed E-state index contributed by atoms with van der Waals surface area (Å²) in [6.45, 7) is 6.51. The van der Waals surface area contributed by atoms with Gasteiger partial charge in [-0.1, -0.05) is 19.8 Å². The number of aliphatic imine (C=N–C) groups is 1. The molecule has 0 aliphatic heterocycles. The van der Waals surface area contributed by atoms with E-state index >= 15 is 0 Å². The first-order chi connectivity index (χ1) is 8.61. The van der Waals surface area contributed by atoms with Gasteiger partial charge >= 0.3 is 0 Å². The Labute approximate surface area is 134 Å². The third kappa shape index (κ3) is 12.3. The molecule has 0 bridgehead atoms. The number of nitrogens with zero attached hydrogens (tertiary/aromatic N) is 2. The number of unbranched alkanes of at least 4 members (excludes halogenated alkanes) is 2. The second-order valence-corrected chi connectivity index (χ2v) is 4.43. The molecule has 2 N–H and O–H groups in total. The van der Waals surface area contributed by atoms with Gasteiger partial charge in [0.05, 0.1) is 0 Å². The standard InChI is InChI=1S/C13H28N4O.HI/c1-5-7-8-10-15-13(14-6-2)16-11-9-12(18)17(3)4;/h5-11H2,1-4H3,(H2,14,15,16);1H. The molecular formula is C13H29IN4O. The van der Waals surface area contributed by atoms with Crippen molar-refractivity contribution in [3.8, 4) is 0 Å². The van der Waals surface area contributed by atoms with E-state index in [4.69, 9.17) is 0 Å². The van der Waals surface area contributed by atoms with Gasteiger partial charge in [0.2, 0.25) is 5.91 Å². The fraction of sp³-hybridized carbons (Fsp3) is 0.846. The molecule has 1 amide bonds. The molecule has 0 unspecified atom stereocenters. The lowest BCUT2D eigenvalue weighted by Gasteiger charge is -2.13. The van der Waals surface area contributed by atoms with Crippen molar-refractivity contribution >= 4 is 35.8 Å².